The summed E-state index contributed by atoms with van der Waals surface area (Å²) in [6.07, 6.45) is 3.34. The van der Waals surface area contributed by atoms with Crippen LogP contribution >= 0.6 is 11.6 Å². The van der Waals surface area contributed by atoms with Crippen molar-refractivity contribution in [3.05, 3.63) is 35.0 Å². The van der Waals surface area contributed by atoms with Crippen LogP contribution in [0.1, 0.15) is 18.9 Å². The molecule has 1 aromatic heterocycles. The summed E-state index contributed by atoms with van der Waals surface area (Å²) in [5, 5.41) is 5.49. The van der Waals surface area contributed by atoms with E-state index in [0.717, 1.165) is 31.1 Å². The highest BCUT2D eigenvalue weighted by Crippen LogP contribution is 2.24. The second-order valence-electron chi connectivity index (χ2n) is 4.68. The predicted molar refractivity (Wildman–Crippen MR) is 80.8 cm³/mol. The van der Waals surface area contributed by atoms with Gasteiger partial charge in [-0.2, -0.15) is 0 Å². The van der Waals surface area contributed by atoms with Crippen LogP contribution in [-0.4, -0.2) is 24.8 Å². The lowest BCUT2D eigenvalue weighted by atomic mass is 10.2. The van der Waals surface area contributed by atoms with Gasteiger partial charge in [0.25, 0.3) is 0 Å². The van der Waals surface area contributed by atoms with E-state index in [1.165, 1.54) is 16.5 Å². The number of aromatic nitrogens is 1. The van der Waals surface area contributed by atoms with Crippen LogP contribution in [0.3, 0.4) is 0 Å². The normalized spacial score (nSPS) is 11.3. The molecule has 2 rings (SSSR count). The summed E-state index contributed by atoms with van der Waals surface area (Å²) in [6, 6.07) is 6.08. The number of methoxy groups -OCH3 is 1. The molecule has 1 aromatic carbocycles. The van der Waals surface area contributed by atoms with Crippen molar-refractivity contribution in [1.29, 1.82) is 0 Å². The quantitative estimate of drug-likeness (QED) is 0.787. The van der Waals surface area contributed by atoms with Crippen molar-refractivity contribution < 1.29 is 4.74 Å². The maximum atomic E-state index is 6.10. The van der Waals surface area contributed by atoms with Gasteiger partial charge in [0.05, 0.1) is 6.61 Å². The molecule has 0 aliphatic rings. The Morgan fingerprint density at radius 1 is 1.37 bits per heavy atom. The van der Waals surface area contributed by atoms with Crippen LogP contribution in [0.5, 0.6) is 0 Å². The first-order chi connectivity index (χ1) is 9.26. The van der Waals surface area contributed by atoms with Gasteiger partial charge in [-0.25, -0.2) is 0 Å². The number of nitrogens with one attached hydrogen (secondary N) is 1. The fraction of sp³-hybridized carbons (Fsp3) is 0.467. The highest BCUT2D eigenvalue weighted by molar-refractivity contribution is 6.31. The molecule has 0 amide bonds. The Balaban J connectivity index is 2.29. The Labute approximate surface area is 119 Å². The fourth-order valence-electron chi connectivity index (χ4n) is 2.26. The minimum Gasteiger partial charge on any atom is -0.383 e. The Morgan fingerprint density at radius 3 is 2.95 bits per heavy atom. The molecule has 1 N–H and O–H groups in total. The van der Waals surface area contributed by atoms with Crippen LogP contribution in [0.2, 0.25) is 5.02 Å². The molecular weight excluding hydrogens is 260 g/mol. The number of fused-ring (bicyclic) bond motifs is 1. The molecule has 2 aromatic rings. The van der Waals surface area contributed by atoms with Gasteiger partial charge in [0.1, 0.15) is 0 Å². The smallest absolute Gasteiger partial charge is 0.0641 e. The molecule has 0 saturated carbocycles. The third kappa shape index (κ3) is 3.50. The van der Waals surface area contributed by atoms with E-state index in [2.05, 4.69) is 29.1 Å². The largest absolute Gasteiger partial charge is 0.383 e. The van der Waals surface area contributed by atoms with Gasteiger partial charge in [-0.3, -0.25) is 0 Å². The lowest BCUT2D eigenvalue weighted by Crippen LogP contribution is -2.13. The number of halogens is 1. The van der Waals surface area contributed by atoms with E-state index in [0.29, 0.717) is 6.61 Å². The molecule has 0 atom stereocenters. The zero-order valence-electron chi connectivity index (χ0n) is 11.6. The maximum Gasteiger partial charge on any atom is 0.0641 e. The van der Waals surface area contributed by atoms with Gasteiger partial charge in [0, 0.05) is 42.3 Å². The van der Waals surface area contributed by atoms with E-state index in [1.807, 2.05) is 12.1 Å². The molecule has 0 aliphatic heterocycles. The van der Waals surface area contributed by atoms with Crippen LogP contribution in [-0.2, 0) is 17.8 Å². The molecule has 3 nitrogen and oxygen atoms in total. The van der Waals surface area contributed by atoms with Gasteiger partial charge < -0.3 is 14.6 Å². The highest BCUT2D eigenvalue weighted by atomic mass is 35.5. The van der Waals surface area contributed by atoms with Crippen molar-refractivity contribution in [3.8, 4) is 0 Å². The van der Waals surface area contributed by atoms with Crippen LogP contribution < -0.4 is 5.32 Å². The average molecular weight is 281 g/mol. The molecule has 0 saturated heterocycles. The third-order valence-corrected chi connectivity index (χ3v) is 3.44. The average Bonchev–Trinajstić information content (AvgIpc) is 2.74. The first-order valence-electron chi connectivity index (χ1n) is 6.73. The SMILES string of the molecule is CCCNCc1cn(CCOC)c2cc(Cl)ccc12. The Bertz CT molecular complexity index is 536. The van der Waals surface area contributed by atoms with E-state index < -0.39 is 0 Å². The van der Waals surface area contributed by atoms with Gasteiger partial charge in [0.15, 0.2) is 0 Å². The van der Waals surface area contributed by atoms with Crippen LogP contribution in [0.15, 0.2) is 24.4 Å². The monoisotopic (exact) mass is 280 g/mol. The number of hydrogen-bond acceptors (Lipinski definition) is 2. The molecule has 0 spiro atoms. The van der Waals surface area contributed by atoms with E-state index in [-0.39, 0.29) is 0 Å². The number of rotatable bonds is 7. The van der Waals surface area contributed by atoms with Gasteiger partial charge >= 0.3 is 0 Å². The molecule has 19 heavy (non-hydrogen) atoms. The van der Waals surface area contributed by atoms with Crippen molar-refractivity contribution in [2.75, 3.05) is 20.3 Å². The van der Waals surface area contributed by atoms with Crippen LogP contribution in [0.25, 0.3) is 10.9 Å². The molecule has 104 valence electrons. The van der Waals surface area contributed by atoms with E-state index in [4.69, 9.17) is 16.3 Å². The minimum atomic E-state index is 0.706. The topological polar surface area (TPSA) is 26.2 Å². The van der Waals surface area contributed by atoms with Crippen molar-refractivity contribution in [2.45, 2.75) is 26.4 Å². The third-order valence-electron chi connectivity index (χ3n) is 3.21. The summed E-state index contributed by atoms with van der Waals surface area (Å²) in [6.45, 7) is 5.66. The Hall–Kier alpha value is -1.03. The summed E-state index contributed by atoms with van der Waals surface area (Å²) in [4.78, 5) is 0. The predicted octanol–water partition coefficient (Wildman–Crippen LogP) is 3.44. The van der Waals surface area contributed by atoms with Crippen molar-refractivity contribution in [3.63, 3.8) is 0 Å². The molecular formula is C15H21ClN2O. The number of nitrogens with zero attached hydrogens (tertiary/aromatic N) is 1. The van der Waals surface area contributed by atoms with Gasteiger partial charge in [-0.15, -0.1) is 0 Å². The van der Waals surface area contributed by atoms with Crippen molar-refractivity contribution in [2.24, 2.45) is 0 Å². The molecule has 4 heteroatoms. The molecule has 0 aliphatic carbocycles. The van der Waals surface area contributed by atoms with Crippen molar-refractivity contribution in [1.82, 2.24) is 9.88 Å². The molecule has 0 radical (unpaired) electrons. The second kappa shape index (κ2) is 6.94. The summed E-state index contributed by atoms with van der Waals surface area (Å²) in [7, 11) is 1.72. The fourth-order valence-corrected chi connectivity index (χ4v) is 2.42. The summed E-state index contributed by atoms with van der Waals surface area (Å²) in [5.74, 6) is 0. The molecule has 0 bridgehead atoms. The van der Waals surface area contributed by atoms with Gasteiger partial charge in [-0.05, 0) is 30.7 Å². The second-order valence-corrected chi connectivity index (χ2v) is 5.12. The summed E-state index contributed by atoms with van der Waals surface area (Å²) in [5.41, 5.74) is 2.49. The lowest BCUT2D eigenvalue weighted by molar-refractivity contribution is 0.188. The van der Waals surface area contributed by atoms with Gasteiger partial charge in [0.2, 0.25) is 0 Å². The number of hydrogen-bond donors (Lipinski definition) is 1. The number of benzene rings is 1. The zero-order chi connectivity index (χ0) is 13.7. The lowest BCUT2D eigenvalue weighted by Gasteiger charge is -2.04. The number of ether oxygens (including phenoxy) is 1. The molecule has 0 unspecified atom stereocenters. The Kier molecular flexibility index (Phi) is 5.25. The standard InChI is InChI=1S/C15H21ClN2O/c1-3-6-17-10-12-11-18(7-8-19-2)15-9-13(16)4-5-14(12)15/h4-5,9,11,17H,3,6-8,10H2,1-2H3. The van der Waals surface area contributed by atoms with E-state index in [9.17, 15) is 0 Å². The van der Waals surface area contributed by atoms with Crippen LogP contribution in [0.4, 0.5) is 0 Å². The zero-order valence-corrected chi connectivity index (χ0v) is 12.3. The van der Waals surface area contributed by atoms with E-state index >= 15 is 0 Å². The van der Waals surface area contributed by atoms with Crippen molar-refractivity contribution >= 4 is 22.5 Å². The maximum absolute atomic E-state index is 6.10. The van der Waals surface area contributed by atoms with E-state index in [1.54, 1.807) is 7.11 Å². The summed E-state index contributed by atoms with van der Waals surface area (Å²) < 4.78 is 7.38. The molecule has 0 fully saturated rings. The van der Waals surface area contributed by atoms with Crippen LogP contribution in [0, 0.1) is 0 Å². The highest BCUT2D eigenvalue weighted by Gasteiger charge is 2.08. The molecule has 1 heterocycles. The first-order valence-corrected chi connectivity index (χ1v) is 7.11. The van der Waals surface area contributed by atoms with Gasteiger partial charge in [-0.1, -0.05) is 24.6 Å². The Morgan fingerprint density at radius 2 is 2.21 bits per heavy atom. The minimum absolute atomic E-state index is 0.706. The first kappa shape index (κ1) is 14.4. The summed E-state index contributed by atoms with van der Waals surface area (Å²) >= 11 is 6.10.